The fourth-order valence-corrected chi connectivity index (χ4v) is 3.40. The maximum absolute atomic E-state index is 13.1. The Morgan fingerprint density at radius 1 is 1.21 bits per heavy atom. The first-order valence-corrected chi connectivity index (χ1v) is 9.15. The van der Waals surface area contributed by atoms with E-state index in [2.05, 4.69) is 9.97 Å². The molecule has 0 aromatic carbocycles. The van der Waals surface area contributed by atoms with Gasteiger partial charge >= 0.3 is 6.18 Å². The smallest absolute Gasteiger partial charge is 0.433 e. The van der Waals surface area contributed by atoms with E-state index in [1.54, 1.807) is 6.07 Å². The number of carbonyl (C=O) groups is 2. The number of rotatable bonds is 5. The first kappa shape index (κ1) is 20.8. The van der Waals surface area contributed by atoms with Crippen LogP contribution in [0.25, 0.3) is 0 Å². The molecular weight excluding hydrogens is 387 g/mol. The topological polar surface area (TPSA) is 72.4 Å². The molecule has 9 heteroatoms. The van der Waals surface area contributed by atoms with E-state index in [9.17, 15) is 22.8 Å². The quantitative estimate of drug-likeness (QED) is 0.711. The Morgan fingerprint density at radius 2 is 2.00 bits per heavy atom. The number of hydrogen-bond donors (Lipinski definition) is 0. The van der Waals surface area contributed by atoms with Crippen LogP contribution >= 0.6 is 0 Å². The van der Waals surface area contributed by atoms with Gasteiger partial charge in [0.1, 0.15) is 11.4 Å². The number of amides is 1. The predicted octanol–water partition coefficient (Wildman–Crippen LogP) is 3.31. The number of nitrogens with zero attached hydrogens (tertiary/aromatic N) is 3. The lowest BCUT2D eigenvalue weighted by Gasteiger charge is -2.35. The normalized spacial score (nSPS) is 17.1. The number of methoxy groups -OCH3 is 1. The number of likely N-dealkylation sites (tertiary alicyclic amines) is 1. The standard InChI is InChI=1S/C20H20F3N3O3/c1-29-16-7-8-24-12-14(16)19(28)15-4-2-3-9-26(15)18(27)10-13-5-6-17(25-11-13)20(21,22)23/h5-8,11-12,15H,2-4,9-10H2,1H3/t15-/m1/s1. The van der Waals surface area contributed by atoms with Crippen LogP contribution < -0.4 is 4.74 Å². The molecule has 6 nitrogen and oxygen atoms in total. The van der Waals surface area contributed by atoms with Gasteiger partial charge in [0.15, 0.2) is 5.78 Å². The highest BCUT2D eigenvalue weighted by Gasteiger charge is 2.35. The van der Waals surface area contributed by atoms with Crippen molar-refractivity contribution >= 4 is 11.7 Å². The summed E-state index contributed by atoms with van der Waals surface area (Å²) in [5, 5.41) is 0. The van der Waals surface area contributed by atoms with Crippen LogP contribution in [0.2, 0.25) is 0 Å². The fraction of sp³-hybridized carbons (Fsp3) is 0.400. The molecule has 154 valence electrons. The van der Waals surface area contributed by atoms with E-state index in [1.807, 2.05) is 0 Å². The van der Waals surface area contributed by atoms with Crippen LogP contribution in [-0.4, -0.2) is 46.3 Å². The van der Waals surface area contributed by atoms with Gasteiger partial charge in [0.05, 0.1) is 25.1 Å². The molecule has 1 aliphatic heterocycles. The maximum atomic E-state index is 13.1. The zero-order chi connectivity index (χ0) is 21.0. The molecule has 1 amide bonds. The van der Waals surface area contributed by atoms with Crippen molar-refractivity contribution in [2.45, 2.75) is 37.9 Å². The van der Waals surface area contributed by atoms with Gasteiger partial charge < -0.3 is 9.64 Å². The van der Waals surface area contributed by atoms with Crippen LogP contribution in [0.1, 0.15) is 40.9 Å². The molecule has 0 unspecified atom stereocenters. The molecule has 0 radical (unpaired) electrons. The van der Waals surface area contributed by atoms with Crippen LogP contribution in [-0.2, 0) is 17.4 Å². The van der Waals surface area contributed by atoms with Gasteiger partial charge in [0.25, 0.3) is 0 Å². The van der Waals surface area contributed by atoms with E-state index in [-0.39, 0.29) is 18.1 Å². The van der Waals surface area contributed by atoms with Crippen LogP contribution in [0.3, 0.4) is 0 Å². The van der Waals surface area contributed by atoms with Gasteiger partial charge in [-0.05, 0) is 37.0 Å². The van der Waals surface area contributed by atoms with Crippen molar-refractivity contribution in [3.63, 3.8) is 0 Å². The van der Waals surface area contributed by atoms with E-state index in [0.717, 1.165) is 25.1 Å². The molecule has 1 fully saturated rings. The maximum Gasteiger partial charge on any atom is 0.433 e. The van der Waals surface area contributed by atoms with Crippen LogP contribution in [0, 0.1) is 0 Å². The number of pyridine rings is 2. The zero-order valence-corrected chi connectivity index (χ0v) is 15.8. The molecule has 0 N–H and O–H groups in total. The zero-order valence-electron chi connectivity index (χ0n) is 15.8. The van der Waals surface area contributed by atoms with Crippen LogP contribution in [0.4, 0.5) is 13.2 Å². The number of ether oxygens (including phenoxy) is 1. The number of carbonyl (C=O) groups excluding carboxylic acids is 2. The fourth-order valence-electron chi connectivity index (χ4n) is 3.40. The monoisotopic (exact) mass is 407 g/mol. The second kappa shape index (κ2) is 8.59. The summed E-state index contributed by atoms with van der Waals surface area (Å²) in [6.45, 7) is 0.409. The van der Waals surface area contributed by atoms with Gasteiger partial charge in [0.2, 0.25) is 5.91 Å². The molecule has 29 heavy (non-hydrogen) atoms. The van der Waals surface area contributed by atoms with Crippen molar-refractivity contribution in [2.75, 3.05) is 13.7 Å². The average Bonchev–Trinajstić information content (AvgIpc) is 2.73. The van der Waals surface area contributed by atoms with Gasteiger partial charge in [-0.2, -0.15) is 13.2 Å². The Kier molecular flexibility index (Phi) is 6.14. The third-order valence-corrected chi connectivity index (χ3v) is 4.86. The molecule has 2 aromatic heterocycles. The minimum absolute atomic E-state index is 0.126. The van der Waals surface area contributed by atoms with E-state index in [0.29, 0.717) is 29.8 Å². The number of aromatic nitrogens is 2. The van der Waals surface area contributed by atoms with Crippen molar-refractivity contribution in [1.29, 1.82) is 0 Å². The number of ketones is 1. The van der Waals surface area contributed by atoms with Crippen LogP contribution in [0.15, 0.2) is 36.8 Å². The molecule has 1 atom stereocenters. The Bertz CT molecular complexity index is 885. The summed E-state index contributed by atoms with van der Waals surface area (Å²) < 4.78 is 43.2. The number of piperidine rings is 1. The molecule has 1 saturated heterocycles. The summed E-state index contributed by atoms with van der Waals surface area (Å²) in [6, 6.07) is 3.01. The van der Waals surface area contributed by atoms with E-state index < -0.39 is 17.9 Å². The molecule has 0 aliphatic carbocycles. The lowest BCUT2D eigenvalue weighted by atomic mass is 9.94. The summed E-state index contributed by atoms with van der Waals surface area (Å²) >= 11 is 0. The largest absolute Gasteiger partial charge is 0.496 e. The lowest BCUT2D eigenvalue weighted by molar-refractivity contribution is -0.141. The minimum atomic E-state index is -4.53. The molecule has 3 rings (SSSR count). The molecule has 3 heterocycles. The van der Waals surface area contributed by atoms with Crippen molar-refractivity contribution < 1.29 is 27.5 Å². The average molecular weight is 407 g/mol. The molecule has 0 spiro atoms. The minimum Gasteiger partial charge on any atom is -0.496 e. The number of alkyl halides is 3. The van der Waals surface area contributed by atoms with Crippen molar-refractivity contribution in [2.24, 2.45) is 0 Å². The number of halogens is 3. The van der Waals surface area contributed by atoms with Gasteiger partial charge in [-0.25, -0.2) is 0 Å². The van der Waals surface area contributed by atoms with Gasteiger partial charge in [-0.1, -0.05) is 6.07 Å². The Labute approximate surface area is 165 Å². The highest BCUT2D eigenvalue weighted by Crippen LogP contribution is 2.28. The van der Waals surface area contributed by atoms with E-state index in [1.165, 1.54) is 30.5 Å². The first-order chi connectivity index (χ1) is 13.8. The third kappa shape index (κ3) is 4.72. The van der Waals surface area contributed by atoms with Crippen molar-refractivity contribution in [3.8, 4) is 5.75 Å². The Balaban J connectivity index is 1.77. The summed E-state index contributed by atoms with van der Waals surface area (Å²) in [6.07, 6.45) is 1.37. The van der Waals surface area contributed by atoms with Gasteiger partial charge in [0, 0.05) is 25.1 Å². The molecule has 1 aliphatic rings. The highest BCUT2D eigenvalue weighted by molar-refractivity contribution is 6.03. The predicted molar refractivity (Wildman–Crippen MR) is 97.4 cm³/mol. The summed E-state index contributed by atoms with van der Waals surface area (Å²) in [7, 11) is 1.45. The van der Waals surface area contributed by atoms with Gasteiger partial charge in [-0.15, -0.1) is 0 Å². The second-order valence-corrected chi connectivity index (χ2v) is 6.77. The summed E-state index contributed by atoms with van der Waals surface area (Å²) in [5.74, 6) is -0.198. The SMILES string of the molecule is COc1ccncc1C(=O)[C@H]1CCCCN1C(=O)Cc1ccc(C(F)(F)F)nc1. The third-order valence-electron chi connectivity index (χ3n) is 4.86. The summed E-state index contributed by atoms with van der Waals surface area (Å²) in [5.41, 5.74) is -0.349. The highest BCUT2D eigenvalue weighted by atomic mass is 19.4. The number of Topliss-reactive ketones (excluding diaryl/α,β-unsaturated/α-hetero) is 1. The van der Waals surface area contributed by atoms with E-state index in [4.69, 9.17) is 4.74 Å². The second-order valence-electron chi connectivity index (χ2n) is 6.77. The number of hydrogen-bond acceptors (Lipinski definition) is 5. The molecular formula is C20H20F3N3O3. The van der Waals surface area contributed by atoms with Gasteiger partial charge in [-0.3, -0.25) is 19.6 Å². The van der Waals surface area contributed by atoms with E-state index >= 15 is 0 Å². The van der Waals surface area contributed by atoms with Crippen molar-refractivity contribution in [3.05, 3.63) is 53.6 Å². The first-order valence-electron chi connectivity index (χ1n) is 9.15. The molecule has 2 aromatic rings. The van der Waals surface area contributed by atoms with Crippen LogP contribution in [0.5, 0.6) is 5.75 Å². The lowest BCUT2D eigenvalue weighted by Crippen LogP contribution is -2.48. The molecule has 0 saturated carbocycles. The Morgan fingerprint density at radius 3 is 2.66 bits per heavy atom. The summed E-state index contributed by atoms with van der Waals surface area (Å²) in [4.78, 5) is 34.7. The molecule has 0 bridgehead atoms. The Hall–Kier alpha value is -2.97. The van der Waals surface area contributed by atoms with Crippen molar-refractivity contribution in [1.82, 2.24) is 14.9 Å².